The van der Waals surface area contributed by atoms with Crippen LogP contribution in [0.25, 0.3) is 0 Å². The van der Waals surface area contributed by atoms with E-state index in [4.69, 9.17) is 9.47 Å². The molecule has 2 fully saturated rings. The smallest absolute Gasteiger partial charge is 0.301 e. The summed E-state index contributed by atoms with van der Waals surface area (Å²) in [7, 11) is -3.51. The van der Waals surface area contributed by atoms with Gasteiger partial charge in [-0.3, -0.25) is 4.31 Å². The fraction of sp³-hybridized carbons (Fsp3) is 0.429. The maximum absolute atomic E-state index is 12.3. The minimum absolute atomic E-state index is 0.0768. The molecule has 0 aliphatic carbocycles. The Balaban J connectivity index is 1.58. The summed E-state index contributed by atoms with van der Waals surface area (Å²) in [4.78, 5) is 0. The van der Waals surface area contributed by atoms with Gasteiger partial charge in [-0.25, -0.2) is 0 Å². The van der Waals surface area contributed by atoms with E-state index in [1.54, 1.807) is 0 Å². The van der Waals surface area contributed by atoms with Gasteiger partial charge >= 0.3 is 10.2 Å². The summed E-state index contributed by atoms with van der Waals surface area (Å²) >= 11 is 0. The molecule has 2 heterocycles. The third kappa shape index (κ3) is 4.16. The lowest BCUT2D eigenvalue weighted by molar-refractivity contribution is 0.306. The van der Waals surface area contributed by atoms with Crippen molar-refractivity contribution < 1.29 is 17.9 Å². The van der Waals surface area contributed by atoms with Crippen LogP contribution < -0.4 is 13.8 Å². The Morgan fingerprint density at radius 2 is 2.04 bits per heavy atom. The van der Waals surface area contributed by atoms with Crippen molar-refractivity contribution in [3.8, 4) is 5.75 Å². The van der Waals surface area contributed by atoms with Crippen LogP contribution in [-0.4, -0.2) is 27.6 Å². The second-order valence-electron chi connectivity index (χ2n) is 7.21. The first-order valence-electron chi connectivity index (χ1n) is 9.82. The summed E-state index contributed by atoms with van der Waals surface area (Å²) in [6, 6.07) is 15.6. The van der Waals surface area contributed by atoms with Crippen molar-refractivity contribution in [1.29, 1.82) is 0 Å². The lowest BCUT2D eigenvalue weighted by atomic mass is 10.1. The van der Waals surface area contributed by atoms with Crippen molar-refractivity contribution in [3.05, 3.63) is 59.7 Å². The molecule has 2 aliphatic heterocycles. The van der Waals surface area contributed by atoms with Crippen LogP contribution in [0.15, 0.2) is 48.5 Å². The highest BCUT2D eigenvalue weighted by atomic mass is 32.2. The number of nitrogens with one attached hydrogen (secondary N) is 1. The first kappa shape index (κ1) is 19.2. The second kappa shape index (κ2) is 8.11. The second-order valence-corrected chi connectivity index (χ2v) is 8.89. The first-order valence-corrected chi connectivity index (χ1v) is 11.3. The molecule has 2 atom stereocenters. The van der Waals surface area contributed by atoms with Crippen LogP contribution in [0.3, 0.4) is 0 Å². The molecule has 7 heteroatoms. The molecule has 2 aliphatic rings. The molecule has 6 nitrogen and oxygen atoms in total. The Hall–Kier alpha value is -2.09. The Morgan fingerprint density at radius 1 is 1.21 bits per heavy atom. The van der Waals surface area contributed by atoms with Gasteiger partial charge in [0.05, 0.1) is 11.8 Å². The van der Waals surface area contributed by atoms with Crippen LogP contribution >= 0.6 is 0 Å². The van der Waals surface area contributed by atoms with Gasteiger partial charge in [0, 0.05) is 13.1 Å². The minimum Gasteiger partial charge on any atom is -0.487 e. The zero-order valence-corrected chi connectivity index (χ0v) is 16.8. The molecule has 0 bridgehead atoms. The van der Waals surface area contributed by atoms with E-state index in [-0.39, 0.29) is 12.2 Å². The van der Waals surface area contributed by atoms with E-state index in [9.17, 15) is 8.42 Å². The number of rotatable bonds is 8. The normalized spacial score (nSPS) is 23.0. The molecule has 2 saturated heterocycles. The lowest BCUT2D eigenvalue weighted by Crippen LogP contribution is -2.29. The molecule has 150 valence electrons. The summed E-state index contributed by atoms with van der Waals surface area (Å²) in [5.41, 5.74) is 2.64. The van der Waals surface area contributed by atoms with E-state index in [0.717, 1.165) is 30.4 Å². The Morgan fingerprint density at radius 3 is 2.75 bits per heavy atom. The van der Waals surface area contributed by atoms with Crippen molar-refractivity contribution >= 4 is 15.9 Å². The molecule has 2 aromatic rings. The fourth-order valence-corrected chi connectivity index (χ4v) is 4.80. The van der Waals surface area contributed by atoms with E-state index in [0.29, 0.717) is 31.1 Å². The van der Waals surface area contributed by atoms with Gasteiger partial charge in [-0.15, -0.1) is 0 Å². The maximum Gasteiger partial charge on any atom is 0.301 e. The average molecular weight is 403 g/mol. The standard InChI is InChI=1S/C21H26N2O4S/c1-2-3-9-19-21(27-19)17-10-11-18(23-13-12-22-28(23,24)25)20(14-17)26-15-16-7-5-4-6-8-16/h4-8,10-11,14,19,21-22H,2-3,9,12-13,15H2,1H3. The number of nitrogens with zero attached hydrogens (tertiary/aromatic N) is 1. The molecule has 0 radical (unpaired) electrons. The van der Waals surface area contributed by atoms with Crippen LogP contribution in [0, 0.1) is 0 Å². The molecular weight excluding hydrogens is 376 g/mol. The van der Waals surface area contributed by atoms with Gasteiger partial charge in [0.2, 0.25) is 0 Å². The van der Waals surface area contributed by atoms with Crippen molar-refractivity contribution in [2.75, 3.05) is 17.4 Å². The topological polar surface area (TPSA) is 71.2 Å². The van der Waals surface area contributed by atoms with E-state index < -0.39 is 10.2 Å². The molecule has 4 rings (SSSR count). The van der Waals surface area contributed by atoms with Gasteiger partial charge < -0.3 is 9.47 Å². The number of benzene rings is 2. The van der Waals surface area contributed by atoms with Gasteiger partial charge in [0.25, 0.3) is 0 Å². The predicted octanol–water partition coefficient (Wildman–Crippen LogP) is 3.55. The summed E-state index contributed by atoms with van der Waals surface area (Å²) in [6.07, 6.45) is 3.68. The van der Waals surface area contributed by atoms with Gasteiger partial charge in [-0.05, 0) is 29.7 Å². The molecule has 0 spiro atoms. The van der Waals surface area contributed by atoms with Crippen molar-refractivity contribution in [1.82, 2.24) is 4.72 Å². The molecule has 0 saturated carbocycles. The van der Waals surface area contributed by atoms with Crippen LogP contribution in [0.4, 0.5) is 5.69 Å². The highest BCUT2D eigenvalue weighted by Crippen LogP contribution is 2.44. The third-order valence-corrected chi connectivity index (χ3v) is 6.66. The van der Waals surface area contributed by atoms with Gasteiger partial charge in [0.15, 0.2) is 0 Å². The van der Waals surface area contributed by atoms with E-state index >= 15 is 0 Å². The predicted molar refractivity (Wildman–Crippen MR) is 109 cm³/mol. The van der Waals surface area contributed by atoms with Crippen LogP contribution in [0.5, 0.6) is 5.75 Å². The van der Waals surface area contributed by atoms with Crippen LogP contribution in [-0.2, 0) is 21.6 Å². The zero-order chi connectivity index (χ0) is 19.6. The first-order chi connectivity index (χ1) is 13.6. The average Bonchev–Trinajstić information content (AvgIpc) is 3.40. The SMILES string of the molecule is CCCCC1OC1c1ccc(N2CCNS2(=O)=O)c(OCc2ccccc2)c1. The van der Waals surface area contributed by atoms with Gasteiger partial charge in [-0.2, -0.15) is 13.1 Å². The number of ether oxygens (including phenoxy) is 2. The largest absolute Gasteiger partial charge is 0.487 e. The van der Waals surface area contributed by atoms with Crippen molar-refractivity contribution in [3.63, 3.8) is 0 Å². The summed E-state index contributed by atoms with van der Waals surface area (Å²) in [5.74, 6) is 0.568. The molecule has 1 N–H and O–H groups in total. The Labute approximate surface area is 166 Å². The van der Waals surface area contributed by atoms with Crippen LogP contribution in [0.2, 0.25) is 0 Å². The van der Waals surface area contributed by atoms with E-state index in [1.807, 2.05) is 48.5 Å². The molecule has 2 unspecified atom stereocenters. The van der Waals surface area contributed by atoms with E-state index in [1.165, 1.54) is 4.31 Å². The van der Waals surface area contributed by atoms with Crippen molar-refractivity contribution in [2.45, 2.75) is 45.0 Å². The fourth-order valence-electron chi connectivity index (χ4n) is 3.55. The molecule has 2 aromatic carbocycles. The molecular formula is C21H26N2O4S. The van der Waals surface area contributed by atoms with Gasteiger partial charge in [0.1, 0.15) is 18.5 Å². The zero-order valence-electron chi connectivity index (χ0n) is 16.0. The quantitative estimate of drug-likeness (QED) is 0.686. The number of unbranched alkanes of at least 4 members (excludes halogenated alkanes) is 1. The van der Waals surface area contributed by atoms with Crippen LogP contribution in [0.1, 0.15) is 43.4 Å². The lowest BCUT2D eigenvalue weighted by Gasteiger charge is -2.20. The van der Waals surface area contributed by atoms with Gasteiger partial charge in [-0.1, -0.05) is 56.2 Å². The maximum atomic E-state index is 12.3. The summed E-state index contributed by atoms with van der Waals surface area (Å²) < 4.78 is 40.5. The molecule has 0 aromatic heterocycles. The molecule has 28 heavy (non-hydrogen) atoms. The number of anilines is 1. The summed E-state index contributed by atoms with van der Waals surface area (Å²) in [6.45, 7) is 3.34. The number of epoxide rings is 1. The van der Waals surface area contributed by atoms with Crippen molar-refractivity contribution in [2.24, 2.45) is 0 Å². The Bertz CT molecular complexity index is 917. The minimum atomic E-state index is -3.51. The Kier molecular flexibility index (Phi) is 5.57. The highest BCUT2D eigenvalue weighted by molar-refractivity contribution is 7.91. The molecule has 0 amide bonds. The van der Waals surface area contributed by atoms with E-state index in [2.05, 4.69) is 11.6 Å². The monoisotopic (exact) mass is 402 g/mol. The number of hydrogen-bond donors (Lipinski definition) is 1. The number of hydrogen-bond acceptors (Lipinski definition) is 4. The highest BCUT2D eigenvalue weighted by Gasteiger charge is 2.40. The third-order valence-electron chi connectivity index (χ3n) is 5.13. The summed E-state index contributed by atoms with van der Waals surface area (Å²) in [5, 5.41) is 0.